The fraction of sp³-hybridized carbons (Fsp3) is 1.00. The predicted octanol–water partition coefficient (Wildman–Crippen LogP) is 1.85. The van der Waals surface area contributed by atoms with Crippen molar-refractivity contribution >= 4 is 0 Å². The lowest BCUT2D eigenvalue weighted by Gasteiger charge is -2.41. The van der Waals surface area contributed by atoms with E-state index in [9.17, 15) is 0 Å². The van der Waals surface area contributed by atoms with E-state index in [2.05, 4.69) is 11.8 Å². The lowest BCUT2D eigenvalue weighted by atomic mass is 9.65. The molecule has 10 heavy (non-hydrogen) atoms. The summed E-state index contributed by atoms with van der Waals surface area (Å²) in [4.78, 5) is 4.58. The van der Waals surface area contributed by atoms with Gasteiger partial charge in [-0.25, -0.2) is 5.90 Å². The molecule has 0 aromatic heterocycles. The van der Waals surface area contributed by atoms with Crippen LogP contribution in [0.2, 0.25) is 0 Å². The van der Waals surface area contributed by atoms with Crippen LogP contribution < -0.4 is 5.90 Å². The molecule has 0 saturated heterocycles. The first-order valence-corrected chi connectivity index (χ1v) is 4.15. The molecule has 0 heterocycles. The minimum absolute atomic E-state index is 0.610. The van der Waals surface area contributed by atoms with Crippen LogP contribution in [-0.2, 0) is 4.84 Å². The van der Waals surface area contributed by atoms with Crippen molar-refractivity contribution in [2.75, 3.05) is 6.61 Å². The maximum atomic E-state index is 4.97. The molecule has 0 unspecified atom stereocenters. The van der Waals surface area contributed by atoms with Gasteiger partial charge in [-0.15, -0.1) is 0 Å². The first kappa shape index (κ1) is 8.02. The van der Waals surface area contributed by atoms with Crippen LogP contribution in [0.25, 0.3) is 0 Å². The third kappa shape index (κ3) is 1.50. The molecule has 0 aliphatic heterocycles. The van der Waals surface area contributed by atoms with E-state index >= 15 is 0 Å². The highest BCUT2D eigenvalue weighted by Gasteiger charge is 2.34. The second-order valence-electron chi connectivity index (χ2n) is 3.33. The summed E-state index contributed by atoms with van der Waals surface area (Å²) in [6.45, 7) is 2.99. The summed E-state index contributed by atoms with van der Waals surface area (Å²) in [5, 5.41) is 0. The molecule has 0 radical (unpaired) electrons. The van der Waals surface area contributed by atoms with Crippen molar-refractivity contribution in [2.45, 2.75) is 39.0 Å². The van der Waals surface area contributed by atoms with Crippen molar-refractivity contribution < 1.29 is 4.84 Å². The van der Waals surface area contributed by atoms with Gasteiger partial charge >= 0.3 is 0 Å². The van der Waals surface area contributed by atoms with Crippen LogP contribution in [0.4, 0.5) is 0 Å². The maximum Gasteiger partial charge on any atom is 0.0684 e. The maximum absolute atomic E-state index is 4.97. The summed E-state index contributed by atoms with van der Waals surface area (Å²) in [6.07, 6.45) is 6.61. The van der Waals surface area contributed by atoms with Crippen molar-refractivity contribution in [3.63, 3.8) is 0 Å². The van der Waals surface area contributed by atoms with Crippen LogP contribution in [0, 0.1) is 5.41 Å². The molecule has 0 amide bonds. The fourth-order valence-corrected chi connectivity index (χ4v) is 1.73. The normalized spacial score (nSPS) is 22.2. The van der Waals surface area contributed by atoms with Gasteiger partial charge in [0, 0.05) is 0 Å². The Balaban J connectivity index is 2.20. The Labute approximate surface area is 62.7 Å². The van der Waals surface area contributed by atoms with E-state index in [1.54, 1.807) is 0 Å². The number of nitrogens with two attached hydrogens (primary N) is 1. The molecule has 2 nitrogen and oxygen atoms in total. The van der Waals surface area contributed by atoms with Gasteiger partial charge in [-0.1, -0.05) is 19.8 Å². The second kappa shape index (κ2) is 3.35. The monoisotopic (exact) mass is 143 g/mol. The Kier molecular flexibility index (Phi) is 2.69. The predicted molar refractivity (Wildman–Crippen MR) is 41.3 cm³/mol. The molecule has 60 valence electrons. The number of rotatable bonds is 4. The third-order valence-electron chi connectivity index (χ3n) is 2.91. The Hall–Kier alpha value is -0.0800. The van der Waals surface area contributed by atoms with E-state index in [-0.39, 0.29) is 0 Å². The molecular weight excluding hydrogens is 126 g/mol. The summed E-state index contributed by atoms with van der Waals surface area (Å²) in [7, 11) is 0. The molecule has 1 rings (SSSR count). The molecule has 0 aromatic carbocycles. The van der Waals surface area contributed by atoms with Crippen LogP contribution in [0.3, 0.4) is 0 Å². The zero-order valence-electron chi connectivity index (χ0n) is 6.73. The summed E-state index contributed by atoms with van der Waals surface area (Å²) in [5.41, 5.74) is 0.610. The summed E-state index contributed by atoms with van der Waals surface area (Å²) >= 11 is 0. The molecule has 2 heteroatoms. The Bertz CT molecular complexity index is 93.9. The lowest BCUT2D eigenvalue weighted by molar-refractivity contribution is 0.0468. The average Bonchev–Trinajstić information content (AvgIpc) is 1.87. The van der Waals surface area contributed by atoms with Crippen molar-refractivity contribution in [2.24, 2.45) is 11.3 Å². The second-order valence-corrected chi connectivity index (χ2v) is 3.33. The van der Waals surface area contributed by atoms with E-state index in [1.807, 2.05) is 0 Å². The van der Waals surface area contributed by atoms with Crippen LogP contribution in [0.1, 0.15) is 39.0 Å². The van der Waals surface area contributed by atoms with Gasteiger partial charge in [0.15, 0.2) is 0 Å². The molecular formula is C8H17NO. The minimum atomic E-state index is 0.610. The van der Waals surface area contributed by atoms with Gasteiger partial charge in [0.1, 0.15) is 0 Å². The molecule has 1 fully saturated rings. The summed E-state index contributed by atoms with van der Waals surface area (Å²) < 4.78 is 0. The largest absolute Gasteiger partial charge is 0.305 e. The zero-order valence-corrected chi connectivity index (χ0v) is 6.73. The van der Waals surface area contributed by atoms with Crippen LogP contribution >= 0.6 is 0 Å². The van der Waals surface area contributed by atoms with Gasteiger partial charge in [-0.3, -0.25) is 0 Å². The third-order valence-corrected chi connectivity index (χ3v) is 2.91. The highest BCUT2D eigenvalue weighted by atomic mass is 16.6. The van der Waals surface area contributed by atoms with Crippen molar-refractivity contribution in [1.29, 1.82) is 0 Å². The quantitative estimate of drug-likeness (QED) is 0.609. The highest BCUT2D eigenvalue weighted by Crippen LogP contribution is 2.46. The van der Waals surface area contributed by atoms with E-state index in [0.29, 0.717) is 5.41 Å². The van der Waals surface area contributed by atoms with Gasteiger partial charge in [0.05, 0.1) is 6.61 Å². The van der Waals surface area contributed by atoms with Crippen LogP contribution in [-0.4, -0.2) is 6.61 Å². The van der Waals surface area contributed by atoms with Crippen molar-refractivity contribution in [3.8, 4) is 0 Å². The first-order valence-electron chi connectivity index (χ1n) is 4.15. The molecule has 2 N–H and O–H groups in total. The minimum Gasteiger partial charge on any atom is -0.305 e. The average molecular weight is 143 g/mol. The Morgan fingerprint density at radius 2 is 2.20 bits per heavy atom. The molecule has 0 atom stereocenters. The smallest absolute Gasteiger partial charge is 0.0684 e. The van der Waals surface area contributed by atoms with Gasteiger partial charge in [-0.2, -0.15) is 0 Å². The van der Waals surface area contributed by atoms with E-state index in [0.717, 1.165) is 13.0 Å². The fourth-order valence-electron chi connectivity index (χ4n) is 1.73. The topological polar surface area (TPSA) is 35.2 Å². The SMILES string of the molecule is CCC1(CCON)CCC1. The van der Waals surface area contributed by atoms with E-state index < -0.39 is 0 Å². The number of hydrogen-bond acceptors (Lipinski definition) is 2. The lowest BCUT2D eigenvalue weighted by Crippen LogP contribution is -2.30. The molecule has 0 bridgehead atoms. The molecule has 0 spiro atoms. The standard InChI is InChI=1S/C8H17NO/c1-2-8(4-3-5-8)6-7-10-9/h2-7,9H2,1H3. The van der Waals surface area contributed by atoms with Gasteiger partial charge in [0.2, 0.25) is 0 Å². The van der Waals surface area contributed by atoms with Crippen LogP contribution in [0.5, 0.6) is 0 Å². The zero-order chi connectivity index (χ0) is 7.45. The molecule has 1 saturated carbocycles. The Morgan fingerprint density at radius 3 is 2.50 bits per heavy atom. The van der Waals surface area contributed by atoms with E-state index in [4.69, 9.17) is 5.90 Å². The van der Waals surface area contributed by atoms with Crippen LogP contribution in [0.15, 0.2) is 0 Å². The van der Waals surface area contributed by atoms with Gasteiger partial charge < -0.3 is 4.84 Å². The Morgan fingerprint density at radius 1 is 1.50 bits per heavy atom. The number of hydrogen-bond donors (Lipinski definition) is 1. The first-order chi connectivity index (χ1) is 4.83. The molecule has 1 aliphatic rings. The molecule has 0 aromatic rings. The summed E-state index contributed by atoms with van der Waals surface area (Å²) in [6, 6.07) is 0. The van der Waals surface area contributed by atoms with Crippen molar-refractivity contribution in [3.05, 3.63) is 0 Å². The van der Waals surface area contributed by atoms with Gasteiger partial charge in [-0.05, 0) is 24.7 Å². The van der Waals surface area contributed by atoms with Crippen molar-refractivity contribution in [1.82, 2.24) is 0 Å². The summed E-state index contributed by atoms with van der Waals surface area (Å²) in [5.74, 6) is 4.97. The van der Waals surface area contributed by atoms with Gasteiger partial charge in [0.25, 0.3) is 0 Å². The highest BCUT2D eigenvalue weighted by molar-refractivity contribution is 4.85. The molecule has 1 aliphatic carbocycles. The van der Waals surface area contributed by atoms with E-state index in [1.165, 1.54) is 25.7 Å².